The highest BCUT2D eigenvalue weighted by atomic mass is 32.1. The summed E-state index contributed by atoms with van der Waals surface area (Å²) in [4.78, 5) is 4.88. The fraction of sp³-hybridized carbons (Fsp3) is 0.923. The molecule has 0 amide bonds. The molecular weight excluding hydrogens is 246 g/mol. The third-order valence-corrected chi connectivity index (χ3v) is 4.60. The molecule has 0 saturated carbocycles. The second-order valence-electron chi connectivity index (χ2n) is 5.59. The Hall–Kier alpha value is -0.390. The van der Waals surface area contributed by atoms with Crippen molar-refractivity contribution in [3.05, 3.63) is 0 Å². The Bertz CT molecular complexity index is 300. The van der Waals surface area contributed by atoms with Crippen molar-refractivity contribution in [2.24, 2.45) is 0 Å². The third kappa shape index (κ3) is 3.13. The molecule has 2 saturated heterocycles. The van der Waals surface area contributed by atoms with E-state index in [0.717, 1.165) is 24.2 Å². The molecule has 0 aromatic heterocycles. The summed E-state index contributed by atoms with van der Waals surface area (Å²) in [5.41, 5.74) is 0. The molecule has 2 heterocycles. The van der Waals surface area contributed by atoms with Crippen LogP contribution in [-0.2, 0) is 4.74 Å². The molecule has 4 nitrogen and oxygen atoms in total. The Labute approximate surface area is 116 Å². The number of likely N-dealkylation sites (N-methyl/N-ethyl adjacent to an activating group) is 1. The number of likely N-dealkylation sites (tertiary alicyclic amines) is 1. The van der Waals surface area contributed by atoms with Crippen LogP contribution in [0.3, 0.4) is 0 Å². The van der Waals surface area contributed by atoms with Gasteiger partial charge in [0.2, 0.25) is 0 Å². The Morgan fingerprint density at radius 2 is 2.11 bits per heavy atom. The molecule has 3 atom stereocenters. The molecule has 2 rings (SSSR count). The van der Waals surface area contributed by atoms with Crippen LogP contribution >= 0.6 is 12.2 Å². The van der Waals surface area contributed by atoms with Gasteiger partial charge < -0.3 is 15.0 Å². The molecule has 2 fully saturated rings. The van der Waals surface area contributed by atoms with E-state index in [9.17, 15) is 0 Å². The molecule has 104 valence electrons. The van der Waals surface area contributed by atoms with Crippen LogP contribution < -0.4 is 5.32 Å². The number of nitrogens with one attached hydrogen (secondary N) is 1. The molecular formula is C13H25N3OS. The van der Waals surface area contributed by atoms with E-state index in [1.807, 2.05) is 0 Å². The maximum absolute atomic E-state index is 5.52. The molecule has 18 heavy (non-hydrogen) atoms. The Kier molecular flexibility index (Phi) is 4.81. The summed E-state index contributed by atoms with van der Waals surface area (Å²) >= 11 is 5.52. The van der Waals surface area contributed by atoms with E-state index in [4.69, 9.17) is 17.0 Å². The van der Waals surface area contributed by atoms with Crippen molar-refractivity contribution in [1.29, 1.82) is 0 Å². The summed E-state index contributed by atoms with van der Waals surface area (Å²) in [6, 6.07) is 1.72. The van der Waals surface area contributed by atoms with Gasteiger partial charge in [0.15, 0.2) is 5.11 Å². The zero-order valence-electron chi connectivity index (χ0n) is 11.7. The highest BCUT2D eigenvalue weighted by Crippen LogP contribution is 2.28. The number of fused-ring (bicyclic) bond motifs is 2. The lowest BCUT2D eigenvalue weighted by molar-refractivity contribution is 0.177. The minimum atomic E-state index is 0.278. The zero-order chi connectivity index (χ0) is 13.1. The van der Waals surface area contributed by atoms with Crippen LogP contribution in [0.1, 0.15) is 26.2 Å². The number of methoxy groups -OCH3 is 1. The lowest BCUT2D eigenvalue weighted by atomic mass is 10.1. The van der Waals surface area contributed by atoms with Crippen molar-refractivity contribution in [2.45, 2.75) is 44.3 Å². The van der Waals surface area contributed by atoms with Gasteiger partial charge in [-0.1, -0.05) is 0 Å². The van der Waals surface area contributed by atoms with Gasteiger partial charge in [0.25, 0.3) is 0 Å². The molecule has 1 N–H and O–H groups in total. The van der Waals surface area contributed by atoms with Gasteiger partial charge in [-0.05, 0) is 45.5 Å². The Morgan fingerprint density at radius 1 is 1.39 bits per heavy atom. The average molecular weight is 271 g/mol. The number of ether oxygens (including phenoxy) is 1. The van der Waals surface area contributed by atoms with Gasteiger partial charge in [0, 0.05) is 38.3 Å². The van der Waals surface area contributed by atoms with Crippen molar-refractivity contribution in [2.75, 3.05) is 33.9 Å². The van der Waals surface area contributed by atoms with E-state index in [1.165, 1.54) is 19.3 Å². The summed E-state index contributed by atoms with van der Waals surface area (Å²) in [5.74, 6) is 0. The number of thiocarbonyl (C=S) groups is 1. The summed E-state index contributed by atoms with van der Waals surface area (Å²) in [6.45, 7) is 4.95. The van der Waals surface area contributed by atoms with Crippen LogP contribution in [0.15, 0.2) is 0 Å². The van der Waals surface area contributed by atoms with Crippen LogP contribution in [-0.4, -0.2) is 66.9 Å². The van der Waals surface area contributed by atoms with Crippen molar-refractivity contribution >= 4 is 17.3 Å². The van der Waals surface area contributed by atoms with Crippen molar-refractivity contribution in [3.63, 3.8) is 0 Å². The minimum absolute atomic E-state index is 0.278. The summed E-state index contributed by atoms with van der Waals surface area (Å²) in [6.07, 6.45) is 3.90. The first kappa shape index (κ1) is 14.0. The van der Waals surface area contributed by atoms with Crippen LogP contribution in [0, 0.1) is 0 Å². The van der Waals surface area contributed by atoms with Crippen molar-refractivity contribution < 1.29 is 4.74 Å². The standard InChI is InChI=1S/C13H25N3OS/c1-10(9-17-3)14-13(18)16-7-6-11-4-5-12(8-16)15(11)2/h10-12H,4-9H2,1-3H3,(H,14,18). The second-order valence-corrected chi connectivity index (χ2v) is 5.98. The molecule has 0 spiro atoms. The van der Waals surface area contributed by atoms with E-state index < -0.39 is 0 Å². The van der Waals surface area contributed by atoms with E-state index in [1.54, 1.807) is 7.11 Å². The third-order valence-electron chi connectivity index (χ3n) is 4.22. The molecule has 2 aliphatic rings. The first-order chi connectivity index (χ1) is 8.61. The maximum Gasteiger partial charge on any atom is 0.169 e. The minimum Gasteiger partial charge on any atom is -0.383 e. The number of nitrogens with zero attached hydrogens (tertiary/aromatic N) is 2. The summed E-state index contributed by atoms with van der Waals surface area (Å²) in [7, 11) is 3.98. The molecule has 5 heteroatoms. The Morgan fingerprint density at radius 3 is 2.83 bits per heavy atom. The lowest BCUT2D eigenvalue weighted by Crippen LogP contribution is -2.48. The number of hydrogen-bond acceptors (Lipinski definition) is 3. The molecule has 2 aliphatic heterocycles. The van der Waals surface area contributed by atoms with Gasteiger partial charge in [-0.3, -0.25) is 4.90 Å². The topological polar surface area (TPSA) is 27.7 Å². The van der Waals surface area contributed by atoms with E-state index in [2.05, 4.69) is 29.1 Å². The van der Waals surface area contributed by atoms with Crippen LogP contribution in [0.4, 0.5) is 0 Å². The fourth-order valence-electron chi connectivity index (χ4n) is 3.09. The van der Waals surface area contributed by atoms with Crippen LogP contribution in [0.2, 0.25) is 0 Å². The van der Waals surface area contributed by atoms with Gasteiger partial charge in [0.05, 0.1) is 6.61 Å². The normalized spacial score (nSPS) is 30.1. The molecule has 0 aromatic carbocycles. The largest absolute Gasteiger partial charge is 0.383 e. The maximum atomic E-state index is 5.52. The van der Waals surface area contributed by atoms with E-state index in [0.29, 0.717) is 12.6 Å². The van der Waals surface area contributed by atoms with Crippen LogP contribution in [0.5, 0.6) is 0 Å². The van der Waals surface area contributed by atoms with Gasteiger partial charge in [-0.25, -0.2) is 0 Å². The van der Waals surface area contributed by atoms with Gasteiger partial charge in [-0.15, -0.1) is 0 Å². The molecule has 0 radical (unpaired) electrons. The fourth-order valence-corrected chi connectivity index (χ4v) is 3.45. The second kappa shape index (κ2) is 6.17. The van der Waals surface area contributed by atoms with Gasteiger partial charge in [0.1, 0.15) is 0 Å². The molecule has 2 bridgehead atoms. The predicted octanol–water partition coefficient (Wildman–Crippen LogP) is 1.06. The average Bonchev–Trinajstić information content (AvgIpc) is 2.52. The van der Waals surface area contributed by atoms with Crippen molar-refractivity contribution in [1.82, 2.24) is 15.1 Å². The highest BCUT2D eigenvalue weighted by Gasteiger charge is 2.35. The molecule has 3 unspecified atom stereocenters. The molecule has 0 aromatic rings. The van der Waals surface area contributed by atoms with E-state index >= 15 is 0 Å². The zero-order valence-corrected chi connectivity index (χ0v) is 12.5. The summed E-state index contributed by atoms with van der Waals surface area (Å²) < 4.78 is 5.13. The SMILES string of the molecule is COCC(C)NC(=S)N1CCC2CCC(C1)N2C. The lowest BCUT2D eigenvalue weighted by Gasteiger charge is -2.29. The van der Waals surface area contributed by atoms with Crippen LogP contribution in [0.25, 0.3) is 0 Å². The molecule has 0 aliphatic carbocycles. The van der Waals surface area contributed by atoms with E-state index in [-0.39, 0.29) is 6.04 Å². The van der Waals surface area contributed by atoms with Gasteiger partial charge in [-0.2, -0.15) is 0 Å². The Balaban J connectivity index is 1.87. The predicted molar refractivity (Wildman–Crippen MR) is 77.8 cm³/mol. The van der Waals surface area contributed by atoms with Crippen molar-refractivity contribution in [3.8, 4) is 0 Å². The monoisotopic (exact) mass is 271 g/mol. The number of hydrogen-bond donors (Lipinski definition) is 1. The first-order valence-electron chi connectivity index (χ1n) is 6.88. The number of rotatable bonds is 3. The smallest absolute Gasteiger partial charge is 0.169 e. The summed E-state index contributed by atoms with van der Waals surface area (Å²) in [5, 5.41) is 4.26. The quantitative estimate of drug-likeness (QED) is 0.775. The highest BCUT2D eigenvalue weighted by molar-refractivity contribution is 7.80. The first-order valence-corrected chi connectivity index (χ1v) is 7.29. The van der Waals surface area contributed by atoms with Gasteiger partial charge >= 0.3 is 0 Å².